The van der Waals surface area contributed by atoms with Crippen LogP contribution in [0.25, 0.3) is 0 Å². The standard InChI is InChI=1S/C15H27NO/c1-4-6-12-14(16-5-2)15(17-3)13-10-8-7-9-11-13/h1,13-16H,5-12H2,2-3H3. The van der Waals surface area contributed by atoms with Crippen molar-refractivity contribution in [1.29, 1.82) is 0 Å². The van der Waals surface area contributed by atoms with Gasteiger partial charge in [0.05, 0.1) is 6.10 Å². The Kier molecular flexibility index (Phi) is 7.32. The van der Waals surface area contributed by atoms with E-state index in [9.17, 15) is 0 Å². The molecule has 0 amide bonds. The highest BCUT2D eigenvalue weighted by molar-refractivity contribution is 4.90. The van der Waals surface area contributed by atoms with Crippen LogP contribution in [0.1, 0.15) is 51.9 Å². The third kappa shape index (κ3) is 4.69. The van der Waals surface area contributed by atoms with Gasteiger partial charge >= 0.3 is 0 Å². The van der Waals surface area contributed by atoms with Crippen LogP contribution in [-0.2, 0) is 4.74 Å². The van der Waals surface area contributed by atoms with Crippen molar-refractivity contribution in [3.63, 3.8) is 0 Å². The lowest BCUT2D eigenvalue weighted by Gasteiger charge is -2.35. The first-order chi connectivity index (χ1) is 8.33. The molecular weight excluding hydrogens is 210 g/mol. The van der Waals surface area contributed by atoms with Crippen molar-refractivity contribution >= 4 is 0 Å². The number of hydrogen-bond donors (Lipinski definition) is 1. The Balaban J connectivity index is 2.55. The van der Waals surface area contributed by atoms with Gasteiger partial charge in [-0.1, -0.05) is 26.2 Å². The number of terminal acetylenes is 1. The van der Waals surface area contributed by atoms with E-state index >= 15 is 0 Å². The fourth-order valence-electron chi connectivity index (χ4n) is 3.03. The van der Waals surface area contributed by atoms with E-state index in [0.29, 0.717) is 12.1 Å². The van der Waals surface area contributed by atoms with Crippen LogP contribution in [0.4, 0.5) is 0 Å². The average molecular weight is 237 g/mol. The van der Waals surface area contributed by atoms with Gasteiger partial charge in [-0.2, -0.15) is 0 Å². The molecule has 2 nitrogen and oxygen atoms in total. The van der Waals surface area contributed by atoms with E-state index in [-0.39, 0.29) is 0 Å². The molecule has 2 atom stereocenters. The Hall–Kier alpha value is -0.520. The highest BCUT2D eigenvalue weighted by Gasteiger charge is 2.29. The van der Waals surface area contributed by atoms with Gasteiger partial charge in [0.15, 0.2) is 0 Å². The minimum Gasteiger partial charge on any atom is -0.380 e. The van der Waals surface area contributed by atoms with E-state index in [1.807, 2.05) is 7.11 Å². The summed E-state index contributed by atoms with van der Waals surface area (Å²) in [6.45, 7) is 3.14. The summed E-state index contributed by atoms with van der Waals surface area (Å²) in [5.41, 5.74) is 0. The molecule has 1 fully saturated rings. The number of ether oxygens (including phenoxy) is 1. The molecule has 1 saturated carbocycles. The smallest absolute Gasteiger partial charge is 0.0752 e. The van der Waals surface area contributed by atoms with Gasteiger partial charge in [0.25, 0.3) is 0 Å². The van der Waals surface area contributed by atoms with Crippen molar-refractivity contribution < 1.29 is 4.74 Å². The van der Waals surface area contributed by atoms with Crippen LogP contribution in [0.5, 0.6) is 0 Å². The predicted octanol–water partition coefficient (Wildman–Crippen LogP) is 2.97. The van der Waals surface area contributed by atoms with Crippen molar-refractivity contribution in [2.75, 3.05) is 13.7 Å². The summed E-state index contributed by atoms with van der Waals surface area (Å²) in [6.07, 6.45) is 14.3. The highest BCUT2D eigenvalue weighted by Crippen LogP contribution is 2.30. The minimum atomic E-state index is 0.337. The van der Waals surface area contributed by atoms with Crippen molar-refractivity contribution in [3.05, 3.63) is 0 Å². The lowest BCUT2D eigenvalue weighted by atomic mass is 9.81. The summed E-state index contributed by atoms with van der Waals surface area (Å²) in [5.74, 6) is 3.46. The Labute approximate surface area is 107 Å². The van der Waals surface area contributed by atoms with Gasteiger partial charge in [-0.05, 0) is 31.7 Å². The van der Waals surface area contributed by atoms with Gasteiger partial charge in [0.2, 0.25) is 0 Å². The van der Waals surface area contributed by atoms with Crippen molar-refractivity contribution in [1.82, 2.24) is 5.32 Å². The Bertz CT molecular complexity index is 228. The van der Waals surface area contributed by atoms with Crippen LogP contribution in [0, 0.1) is 18.3 Å². The zero-order valence-corrected chi connectivity index (χ0v) is 11.4. The molecule has 0 heterocycles. The molecule has 0 aromatic carbocycles. The molecule has 0 radical (unpaired) electrons. The third-order valence-electron chi connectivity index (χ3n) is 3.85. The van der Waals surface area contributed by atoms with Crippen molar-refractivity contribution in [3.8, 4) is 12.3 Å². The second-order valence-electron chi connectivity index (χ2n) is 5.01. The molecule has 17 heavy (non-hydrogen) atoms. The van der Waals surface area contributed by atoms with E-state index in [0.717, 1.165) is 25.3 Å². The van der Waals surface area contributed by atoms with Crippen LogP contribution in [0.15, 0.2) is 0 Å². The van der Waals surface area contributed by atoms with Crippen LogP contribution in [-0.4, -0.2) is 25.8 Å². The summed E-state index contributed by atoms with van der Waals surface area (Å²) in [5, 5.41) is 3.55. The predicted molar refractivity (Wildman–Crippen MR) is 72.9 cm³/mol. The molecule has 0 bridgehead atoms. The summed E-state index contributed by atoms with van der Waals surface area (Å²) in [7, 11) is 1.85. The summed E-state index contributed by atoms with van der Waals surface area (Å²) in [4.78, 5) is 0. The van der Waals surface area contributed by atoms with E-state index in [1.165, 1.54) is 32.1 Å². The second-order valence-corrected chi connectivity index (χ2v) is 5.01. The van der Waals surface area contributed by atoms with Crippen LogP contribution < -0.4 is 5.32 Å². The summed E-state index contributed by atoms with van der Waals surface area (Å²) < 4.78 is 5.77. The molecule has 1 rings (SSSR count). The second kappa shape index (κ2) is 8.55. The fourth-order valence-corrected chi connectivity index (χ4v) is 3.03. The average Bonchev–Trinajstić information content (AvgIpc) is 2.38. The molecule has 0 aliphatic heterocycles. The van der Waals surface area contributed by atoms with Gasteiger partial charge in [0, 0.05) is 19.6 Å². The first kappa shape index (κ1) is 14.5. The molecule has 2 unspecified atom stereocenters. The van der Waals surface area contributed by atoms with Gasteiger partial charge in [-0.25, -0.2) is 0 Å². The van der Waals surface area contributed by atoms with Crippen molar-refractivity contribution in [2.45, 2.75) is 64.0 Å². The molecule has 98 valence electrons. The molecule has 0 aromatic heterocycles. The van der Waals surface area contributed by atoms with Crippen LogP contribution in [0.3, 0.4) is 0 Å². The minimum absolute atomic E-state index is 0.337. The fraction of sp³-hybridized carbons (Fsp3) is 0.867. The number of rotatable bonds is 7. The lowest BCUT2D eigenvalue weighted by Crippen LogP contribution is -2.45. The maximum atomic E-state index is 5.77. The number of likely N-dealkylation sites (N-methyl/N-ethyl adjacent to an activating group) is 1. The molecule has 0 aromatic rings. The van der Waals surface area contributed by atoms with E-state index in [2.05, 4.69) is 18.2 Å². The SMILES string of the molecule is C#CCCC(NCC)C(OC)C1CCCCC1. The molecular formula is C15H27NO. The molecule has 1 aliphatic carbocycles. The number of hydrogen-bond acceptors (Lipinski definition) is 2. The van der Waals surface area contributed by atoms with Crippen molar-refractivity contribution in [2.24, 2.45) is 5.92 Å². The monoisotopic (exact) mass is 237 g/mol. The first-order valence-electron chi connectivity index (χ1n) is 7.03. The molecule has 1 N–H and O–H groups in total. The van der Waals surface area contributed by atoms with Gasteiger partial charge in [-0.3, -0.25) is 0 Å². The van der Waals surface area contributed by atoms with Crippen LogP contribution in [0.2, 0.25) is 0 Å². The largest absolute Gasteiger partial charge is 0.380 e. The topological polar surface area (TPSA) is 21.3 Å². The lowest BCUT2D eigenvalue weighted by molar-refractivity contribution is 0.00687. The zero-order chi connectivity index (χ0) is 12.5. The van der Waals surface area contributed by atoms with Gasteiger partial charge in [0.1, 0.15) is 0 Å². The van der Waals surface area contributed by atoms with Gasteiger partial charge in [-0.15, -0.1) is 12.3 Å². The first-order valence-corrected chi connectivity index (χ1v) is 7.03. The van der Waals surface area contributed by atoms with E-state index in [1.54, 1.807) is 0 Å². The maximum Gasteiger partial charge on any atom is 0.0752 e. The maximum absolute atomic E-state index is 5.77. The molecule has 0 spiro atoms. The third-order valence-corrected chi connectivity index (χ3v) is 3.85. The number of methoxy groups -OCH3 is 1. The quantitative estimate of drug-likeness (QED) is 0.687. The normalized spacial score (nSPS) is 20.8. The number of nitrogens with one attached hydrogen (secondary N) is 1. The molecule has 2 heteroatoms. The van der Waals surface area contributed by atoms with Gasteiger partial charge < -0.3 is 10.1 Å². The Morgan fingerprint density at radius 3 is 2.59 bits per heavy atom. The Morgan fingerprint density at radius 2 is 2.06 bits per heavy atom. The Morgan fingerprint density at radius 1 is 1.35 bits per heavy atom. The molecule has 0 saturated heterocycles. The van der Waals surface area contributed by atoms with E-state index < -0.39 is 0 Å². The summed E-state index contributed by atoms with van der Waals surface area (Å²) >= 11 is 0. The molecule has 1 aliphatic rings. The van der Waals surface area contributed by atoms with Crippen LogP contribution >= 0.6 is 0 Å². The highest BCUT2D eigenvalue weighted by atomic mass is 16.5. The van der Waals surface area contributed by atoms with E-state index in [4.69, 9.17) is 11.2 Å². The summed E-state index contributed by atoms with van der Waals surface area (Å²) in [6, 6.07) is 0.421. The zero-order valence-electron chi connectivity index (χ0n) is 11.4.